The van der Waals surface area contributed by atoms with Gasteiger partial charge in [-0.05, 0) is 85.1 Å². The van der Waals surface area contributed by atoms with Crippen LogP contribution in [0.1, 0.15) is 30.8 Å². The zero-order valence-electron chi connectivity index (χ0n) is 29.4. The van der Waals surface area contributed by atoms with Crippen LogP contribution in [-0.2, 0) is 37.4 Å². The number of benzene rings is 4. The number of nitrogens with one attached hydrogen (secondary N) is 1. The van der Waals surface area contributed by atoms with Crippen molar-refractivity contribution in [3.05, 3.63) is 148 Å². The number of anilines is 1. The molecular weight excluding hydrogens is 741 g/mol. The zero-order valence-corrected chi connectivity index (χ0v) is 30.9. The summed E-state index contributed by atoms with van der Waals surface area (Å²) in [4.78, 5) is 14.7. The van der Waals surface area contributed by atoms with Crippen molar-refractivity contribution in [1.82, 2.24) is 29.8 Å². The van der Waals surface area contributed by atoms with Crippen LogP contribution < -0.4 is 11.1 Å². The molecule has 4 heterocycles. The second-order valence-electron chi connectivity index (χ2n) is 13.1. The van der Waals surface area contributed by atoms with Crippen molar-refractivity contribution in [3.8, 4) is 22.3 Å². The van der Waals surface area contributed by atoms with Gasteiger partial charge in [0.25, 0.3) is 0 Å². The van der Waals surface area contributed by atoms with E-state index in [2.05, 4.69) is 22.4 Å². The Hall–Kier alpha value is -5.17. The first-order valence-corrected chi connectivity index (χ1v) is 17.9. The molecule has 0 aliphatic carbocycles. The van der Waals surface area contributed by atoms with Crippen LogP contribution in [0.15, 0.2) is 97.3 Å². The van der Waals surface area contributed by atoms with E-state index >= 15 is 0 Å². The molecule has 0 unspecified atom stereocenters. The van der Waals surface area contributed by atoms with Crippen LogP contribution in [0.4, 0.5) is 23.2 Å². The molecule has 1 amide bonds. The first-order valence-electron chi connectivity index (χ1n) is 17.1. The predicted octanol–water partition coefficient (Wildman–Crippen LogP) is 8.70. The third kappa shape index (κ3) is 9.12. The molecule has 0 spiro atoms. The van der Waals surface area contributed by atoms with E-state index in [1.807, 2.05) is 22.5 Å². The van der Waals surface area contributed by atoms with Crippen LogP contribution in [0, 0.1) is 23.3 Å². The first-order chi connectivity index (χ1) is 25.9. The molecule has 14 heteroatoms. The monoisotopic (exact) mass is 777 g/mol. The molecule has 0 radical (unpaired) electrons. The van der Waals surface area contributed by atoms with Gasteiger partial charge in [0.05, 0.1) is 59.9 Å². The van der Waals surface area contributed by atoms with Gasteiger partial charge < -0.3 is 16.0 Å². The van der Waals surface area contributed by atoms with Gasteiger partial charge in [0.15, 0.2) is 0 Å². The molecule has 8 rings (SSSR count). The number of hydrogen-bond donors (Lipinski definition) is 2. The van der Waals surface area contributed by atoms with Crippen molar-refractivity contribution in [2.75, 3.05) is 5.73 Å². The quantitative estimate of drug-likeness (QED) is 0.138. The van der Waals surface area contributed by atoms with Crippen LogP contribution in [0.2, 0.25) is 10.0 Å². The van der Waals surface area contributed by atoms with E-state index < -0.39 is 11.6 Å². The van der Waals surface area contributed by atoms with Crippen molar-refractivity contribution in [1.29, 1.82) is 0 Å². The third-order valence-corrected chi connectivity index (χ3v) is 9.74. The SMILES string of the molecule is C[C@@H]1Cn2ncc(-c3ccc(F)cc3)c2CN1.C[C@@H]1Cn2ncc(-c3ccc(F)cc3)c2CN1C(=O)Cc1ccc(F)c(Cl)c1.Nc1ccc(F)c(Cl)c1. The summed E-state index contributed by atoms with van der Waals surface area (Å²) < 4.78 is 55.7. The fraction of sp³-hybridized carbons (Fsp3) is 0.225. The van der Waals surface area contributed by atoms with Crippen molar-refractivity contribution in [2.24, 2.45) is 0 Å². The predicted molar refractivity (Wildman–Crippen MR) is 202 cm³/mol. The summed E-state index contributed by atoms with van der Waals surface area (Å²) >= 11 is 11.2. The topological polar surface area (TPSA) is 94.0 Å². The van der Waals surface area contributed by atoms with Gasteiger partial charge in [0.1, 0.15) is 23.3 Å². The van der Waals surface area contributed by atoms with E-state index in [1.54, 1.807) is 41.4 Å². The van der Waals surface area contributed by atoms with Crippen molar-refractivity contribution in [2.45, 2.75) is 58.5 Å². The minimum Gasteiger partial charge on any atom is -0.399 e. The molecule has 3 N–H and O–H groups in total. The lowest BCUT2D eigenvalue weighted by molar-refractivity contribution is -0.134. The summed E-state index contributed by atoms with van der Waals surface area (Å²) in [7, 11) is 0. The highest BCUT2D eigenvalue weighted by Crippen LogP contribution is 2.30. The highest BCUT2D eigenvalue weighted by molar-refractivity contribution is 6.31. The maximum atomic E-state index is 13.4. The van der Waals surface area contributed by atoms with Crippen LogP contribution in [-0.4, -0.2) is 42.5 Å². The molecule has 8 nitrogen and oxygen atoms in total. The number of nitrogens with two attached hydrogens (primary N) is 1. The summed E-state index contributed by atoms with van der Waals surface area (Å²) in [6.45, 7) is 6.79. The van der Waals surface area contributed by atoms with Crippen molar-refractivity contribution in [3.63, 3.8) is 0 Å². The molecule has 2 aromatic heterocycles. The smallest absolute Gasteiger partial charge is 0.227 e. The number of aromatic nitrogens is 4. The van der Waals surface area contributed by atoms with E-state index in [0.29, 0.717) is 30.4 Å². The largest absolute Gasteiger partial charge is 0.399 e. The summed E-state index contributed by atoms with van der Waals surface area (Å²) in [6.07, 6.45) is 3.76. The lowest BCUT2D eigenvalue weighted by Gasteiger charge is -2.34. The lowest BCUT2D eigenvalue weighted by Crippen LogP contribution is -2.45. The van der Waals surface area contributed by atoms with Crippen molar-refractivity contribution < 1.29 is 22.4 Å². The van der Waals surface area contributed by atoms with Gasteiger partial charge in [0, 0.05) is 35.4 Å². The van der Waals surface area contributed by atoms with Crippen LogP contribution in [0.25, 0.3) is 22.3 Å². The third-order valence-electron chi connectivity index (χ3n) is 9.17. The molecule has 0 saturated carbocycles. The lowest BCUT2D eigenvalue weighted by atomic mass is 10.0. The summed E-state index contributed by atoms with van der Waals surface area (Å²) in [5.74, 6) is -1.51. The normalized spacial score (nSPS) is 16.0. The number of fused-ring (bicyclic) bond motifs is 2. The van der Waals surface area contributed by atoms with Gasteiger partial charge in [-0.15, -0.1) is 0 Å². The Morgan fingerprint density at radius 2 is 1.30 bits per heavy atom. The molecule has 2 atom stereocenters. The van der Waals surface area contributed by atoms with Gasteiger partial charge in [-0.3, -0.25) is 14.2 Å². The number of rotatable bonds is 4. The molecule has 280 valence electrons. The molecule has 2 aliphatic heterocycles. The standard InChI is InChI=1S/C21H18ClF2N3O.C13H14FN3.C6H5ClFN/c1-13-11-27-20(17(10-25-27)15-3-5-16(23)6-4-15)12-26(13)21(28)9-14-2-7-19(24)18(22)8-14;1-9-8-17-13(7-15-9)12(6-16-17)10-2-4-11(14)5-3-10;7-5-3-4(9)1-2-6(5)8/h2-8,10,13H,9,11-12H2,1H3;2-6,9,15H,7-8H2,1H3;1-3H,9H2/t13-;9-;/m11./s1. The Morgan fingerprint density at radius 1 is 0.759 bits per heavy atom. The molecule has 0 saturated heterocycles. The molecule has 2 aliphatic rings. The van der Waals surface area contributed by atoms with Gasteiger partial charge in [-0.25, -0.2) is 17.6 Å². The number of amides is 1. The van der Waals surface area contributed by atoms with Gasteiger partial charge in [0.2, 0.25) is 5.91 Å². The van der Waals surface area contributed by atoms with Crippen LogP contribution in [0.3, 0.4) is 0 Å². The van der Waals surface area contributed by atoms with E-state index in [-0.39, 0.29) is 40.0 Å². The number of carbonyl (C=O) groups is 1. The maximum absolute atomic E-state index is 13.4. The second kappa shape index (κ2) is 16.9. The van der Waals surface area contributed by atoms with Gasteiger partial charge >= 0.3 is 0 Å². The highest BCUT2D eigenvalue weighted by atomic mass is 35.5. The Kier molecular flexibility index (Phi) is 12.1. The van der Waals surface area contributed by atoms with E-state index in [9.17, 15) is 22.4 Å². The number of hydrogen-bond acceptors (Lipinski definition) is 5. The molecule has 0 fully saturated rings. The van der Waals surface area contributed by atoms with Gasteiger partial charge in [-0.1, -0.05) is 53.5 Å². The van der Waals surface area contributed by atoms with Crippen LogP contribution in [0.5, 0.6) is 0 Å². The van der Waals surface area contributed by atoms with Crippen LogP contribution >= 0.6 is 23.2 Å². The molecule has 6 aromatic rings. The molecule has 54 heavy (non-hydrogen) atoms. The fourth-order valence-corrected chi connectivity index (χ4v) is 6.66. The number of nitrogens with zero attached hydrogens (tertiary/aromatic N) is 5. The molecule has 4 aromatic carbocycles. The highest BCUT2D eigenvalue weighted by Gasteiger charge is 2.29. The average molecular weight is 779 g/mol. The summed E-state index contributed by atoms with van der Waals surface area (Å²) in [6, 6.07) is 21.6. The first kappa shape index (κ1) is 38.6. The van der Waals surface area contributed by atoms with E-state index in [4.69, 9.17) is 28.9 Å². The summed E-state index contributed by atoms with van der Waals surface area (Å²) in [5.41, 5.74) is 12.4. The van der Waals surface area contributed by atoms with Gasteiger partial charge in [-0.2, -0.15) is 10.2 Å². The number of carbonyl (C=O) groups excluding carboxylic acids is 1. The van der Waals surface area contributed by atoms with E-state index in [0.717, 1.165) is 41.0 Å². The zero-order chi connectivity index (χ0) is 38.5. The minimum absolute atomic E-state index is 0.00802. The minimum atomic E-state index is -0.503. The van der Waals surface area contributed by atoms with Crippen molar-refractivity contribution >= 4 is 34.8 Å². The van der Waals surface area contributed by atoms with E-state index in [1.165, 1.54) is 60.3 Å². The Balaban J connectivity index is 0.000000161. The average Bonchev–Trinajstić information content (AvgIpc) is 3.76. The number of nitrogen functional groups attached to an aromatic ring is 1. The molecular formula is C40H37Cl2F4N7O. The number of halogens is 6. The fourth-order valence-electron chi connectivity index (χ4n) is 6.26. The maximum Gasteiger partial charge on any atom is 0.227 e. The Labute approximate surface area is 320 Å². The summed E-state index contributed by atoms with van der Waals surface area (Å²) in [5, 5.41) is 12.3. The Morgan fingerprint density at radius 3 is 1.85 bits per heavy atom. The molecule has 0 bridgehead atoms. The second-order valence-corrected chi connectivity index (χ2v) is 14.0. The Bertz CT molecular complexity index is 2240.